The molecule has 0 saturated heterocycles. The molecule has 1 heterocycles. The van der Waals surface area contributed by atoms with Crippen molar-refractivity contribution in [1.29, 1.82) is 0 Å². The van der Waals surface area contributed by atoms with Crippen LogP contribution in [0, 0.1) is 0 Å². The molecule has 0 bridgehead atoms. The molecule has 108 valence electrons. The molecule has 0 aromatic heterocycles. The Bertz CT molecular complexity index is 609. The molecule has 1 aromatic carbocycles. The molecule has 20 heavy (non-hydrogen) atoms. The Morgan fingerprint density at radius 3 is 2.35 bits per heavy atom. The maximum atomic E-state index is 11.0. The number of nitrogens with zero attached hydrogens (tertiary/aromatic N) is 1. The number of carbonyl (C=O) groups is 1. The number of amides is 1. The molecule has 0 saturated carbocycles. The minimum atomic E-state index is -1.39. The summed E-state index contributed by atoms with van der Waals surface area (Å²) in [7, 11) is -1.39. The third-order valence-electron chi connectivity index (χ3n) is 2.78. The van der Waals surface area contributed by atoms with Gasteiger partial charge < -0.3 is 0 Å². The molecule has 2 rings (SSSR count). The van der Waals surface area contributed by atoms with Crippen molar-refractivity contribution in [2.75, 3.05) is 12.5 Å². The van der Waals surface area contributed by atoms with Crippen LogP contribution < -0.4 is 10.9 Å². The second-order valence-electron chi connectivity index (χ2n) is 4.68. The minimum Gasteiger partial charge on any atom is -0.280 e. The van der Waals surface area contributed by atoms with E-state index < -0.39 is 10.0 Å². The summed E-state index contributed by atoms with van der Waals surface area (Å²) in [5.74, 6) is 0.289. The van der Waals surface area contributed by atoms with Gasteiger partial charge in [0.1, 0.15) is 4.36 Å². The zero-order chi connectivity index (χ0) is 14.9. The lowest BCUT2D eigenvalue weighted by molar-refractivity contribution is -0.119. The summed E-state index contributed by atoms with van der Waals surface area (Å²) in [6.45, 7) is 1.41. The standard InChI is InChI=1S/C13H15Cl2N3OS/c1-8(19)17-18-12-11(15)20(2,3)13(16-12)9-4-6-10(14)7-5-9/h4-7,18H,1-3H3,(H,17,19). The van der Waals surface area contributed by atoms with Crippen molar-refractivity contribution in [3.8, 4) is 0 Å². The Balaban J connectivity index is 2.33. The summed E-state index contributed by atoms with van der Waals surface area (Å²) < 4.78 is 0.635. The molecule has 0 spiro atoms. The topological polar surface area (TPSA) is 53.5 Å². The Labute approximate surface area is 129 Å². The van der Waals surface area contributed by atoms with E-state index in [2.05, 4.69) is 28.4 Å². The third kappa shape index (κ3) is 2.95. The molecule has 0 radical (unpaired) electrons. The molecule has 4 nitrogen and oxygen atoms in total. The smallest absolute Gasteiger partial charge is 0.235 e. The lowest BCUT2D eigenvalue weighted by Crippen LogP contribution is -2.34. The fourth-order valence-corrected chi connectivity index (χ4v) is 3.99. The van der Waals surface area contributed by atoms with Crippen LogP contribution in [0.4, 0.5) is 0 Å². The van der Waals surface area contributed by atoms with Gasteiger partial charge in [0.2, 0.25) is 5.91 Å². The number of rotatable bonds is 3. The Hall–Kier alpha value is -1.17. The van der Waals surface area contributed by atoms with Crippen LogP contribution in [0.2, 0.25) is 5.02 Å². The van der Waals surface area contributed by atoms with Gasteiger partial charge in [0.05, 0.1) is 5.04 Å². The monoisotopic (exact) mass is 331 g/mol. The predicted octanol–water partition coefficient (Wildman–Crippen LogP) is 3.17. The first-order valence-corrected chi connectivity index (χ1v) is 9.03. The first kappa shape index (κ1) is 15.2. The van der Waals surface area contributed by atoms with E-state index >= 15 is 0 Å². The molecular weight excluding hydrogens is 317 g/mol. The summed E-state index contributed by atoms with van der Waals surface area (Å²) in [6.07, 6.45) is 4.12. The van der Waals surface area contributed by atoms with Crippen molar-refractivity contribution in [2.24, 2.45) is 4.99 Å². The maximum absolute atomic E-state index is 11.0. The van der Waals surface area contributed by atoms with Gasteiger partial charge in [-0.2, -0.15) is 10.0 Å². The Kier molecular flexibility index (Phi) is 4.32. The van der Waals surface area contributed by atoms with Crippen LogP contribution in [0.25, 0.3) is 0 Å². The zero-order valence-electron chi connectivity index (χ0n) is 11.3. The van der Waals surface area contributed by atoms with Gasteiger partial charge >= 0.3 is 0 Å². The first-order chi connectivity index (χ1) is 9.32. The van der Waals surface area contributed by atoms with Crippen molar-refractivity contribution < 1.29 is 4.79 Å². The van der Waals surface area contributed by atoms with Gasteiger partial charge in [-0.1, -0.05) is 35.3 Å². The number of hydrogen-bond donors (Lipinski definition) is 2. The summed E-state index contributed by atoms with van der Waals surface area (Å²) in [6, 6.07) is 7.48. The van der Waals surface area contributed by atoms with Gasteiger partial charge in [-0.15, -0.1) is 0 Å². The largest absolute Gasteiger partial charge is 0.280 e. The highest BCUT2D eigenvalue weighted by Gasteiger charge is 2.33. The zero-order valence-corrected chi connectivity index (χ0v) is 13.7. The van der Waals surface area contributed by atoms with Crippen LogP contribution in [-0.4, -0.2) is 23.5 Å². The van der Waals surface area contributed by atoms with E-state index in [4.69, 9.17) is 23.2 Å². The summed E-state index contributed by atoms with van der Waals surface area (Å²) in [4.78, 5) is 15.5. The van der Waals surface area contributed by atoms with Crippen LogP contribution in [0.1, 0.15) is 12.5 Å². The Morgan fingerprint density at radius 2 is 1.80 bits per heavy atom. The van der Waals surface area contributed by atoms with Gasteiger partial charge in [0.25, 0.3) is 0 Å². The molecule has 0 unspecified atom stereocenters. The SMILES string of the molecule is CC(=O)NNC1=C(Cl)S(C)(C)C(c2ccc(Cl)cc2)=N1. The molecule has 0 atom stereocenters. The van der Waals surface area contributed by atoms with E-state index in [0.29, 0.717) is 15.2 Å². The number of benzene rings is 1. The number of aliphatic imine (C=N–C) groups is 1. The van der Waals surface area contributed by atoms with Crippen LogP contribution in [0.5, 0.6) is 0 Å². The molecule has 1 amide bonds. The highest BCUT2D eigenvalue weighted by molar-refractivity contribution is 8.48. The van der Waals surface area contributed by atoms with E-state index in [1.165, 1.54) is 6.92 Å². The second-order valence-corrected chi connectivity index (χ2v) is 9.17. The van der Waals surface area contributed by atoms with Gasteiger partial charge in [-0.3, -0.25) is 15.6 Å². The molecule has 0 fully saturated rings. The predicted molar refractivity (Wildman–Crippen MR) is 87.3 cm³/mol. The molecule has 1 aliphatic heterocycles. The lowest BCUT2D eigenvalue weighted by Gasteiger charge is -2.27. The van der Waals surface area contributed by atoms with E-state index in [1.54, 1.807) is 0 Å². The number of carbonyl (C=O) groups excluding carboxylic acids is 1. The summed E-state index contributed by atoms with van der Waals surface area (Å²) in [5, 5.41) is 1.59. The van der Waals surface area contributed by atoms with Crippen LogP contribution >= 0.6 is 33.2 Å². The highest BCUT2D eigenvalue weighted by atomic mass is 35.5. The van der Waals surface area contributed by atoms with Crippen molar-refractivity contribution >= 4 is 44.2 Å². The normalized spacial score (nSPS) is 18.6. The average molecular weight is 332 g/mol. The number of hydrazine groups is 1. The molecular formula is C13H15Cl2N3OS. The van der Waals surface area contributed by atoms with Crippen molar-refractivity contribution in [3.63, 3.8) is 0 Å². The van der Waals surface area contributed by atoms with Gasteiger partial charge in [0.15, 0.2) is 5.82 Å². The minimum absolute atomic E-state index is 0.204. The maximum Gasteiger partial charge on any atom is 0.235 e. The number of hydrogen-bond acceptors (Lipinski definition) is 3. The summed E-state index contributed by atoms with van der Waals surface area (Å²) in [5.41, 5.74) is 6.22. The third-order valence-corrected chi connectivity index (χ3v) is 6.75. The van der Waals surface area contributed by atoms with Gasteiger partial charge in [-0.25, -0.2) is 4.99 Å². The second kappa shape index (κ2) is 5.68. The van der Waals surface area contributed by atoms with E-state index in [0.717, 1.165) is 10.6 Å². The quantitative estimate of drug-likeness (QED) is 0.836. The first-order valence-electron chi connectivity index (χ1n) is 5.83. The Morgan fingerprint density at radius 1 is 1.20 bits per heavy atom. The molecule has 2 N–H and O–H groups in total. The van der Waals surface area contributed by atoms with Gasteiger partial charge in [0, 0.05) is 17.5 Å². The van der Waals surface area contributed by atoms with E-state index in [-0.39, 0.29) is 5.91 Å². The molecule has 1 aliphatic rings. The van der Waals surface area contributed by atoms with Crippen molar-refractivity contribution in [1.82, 2.24) is 10.9 Å². The summed E-state index contributed by atoms with van der Waals surface area (Å²) >= 11 is 12.3. The fourth-order valence-electron chi connectivity index (χ4n) is 1.76. The van der Waals surface area contributed by atoms with Crippen LogP contribution in [0.3, 0.4) is 0 Å². The van der Waals surface area contributed by atoms with Gasteiger partial charge in [-0.05, 0) is 24.6 Å². The van der Waals surface area contributed by atoms with Crippen molar-refractivity contribution in [3.05, 3.63) is 45.0 Å². The fraction of sp³-hybridized carbons (Fsp3) is 0.231. The van der Waals surface area contributed by atoms with E-state index in [1.807, 2.05) is 24.3 Å². The molecule has 1 aromatic rings. The highest BCUT2D eigenvalue weighted by Crippen LogP contribution is 2.58. The van der Waals surface area contributed by atoms with Crippen LogP contribution in [-0.2, 0) is 4.79 Å². The van der Waals surface area contributed by atoms with Crippen LogP contribution in [0.15, 0.2) is 39.4 Å². The average Bonchev–Trinajstić information content (AvgIpc) is 2.60. The number of halogens is 2. The number of nitrogens with one attached hydrogen (secondary N) is 2. The lowest BCUT2D eigenvalue weighted by atomic mass is 10.2. The molecule has 7 heteroatoms. The van der Waals surface area contributed by atoms with E-state index in [9.17, 15) is 4.79 Å². The molecule has 0 aliphatic carbocycles. The van der Waals surface area contributed by atoms with Crippen molar-refractivity contribution in [2.45, 2.75) is 6.92 Å².